The number of alkyl halides is 52. The SMILES string of the molecule is FC(F)(F)C(F)(F)C(F)(F)C(F)(F)C(F)(F)C(F)(F)COc1nc(OCC(F)(F)C(F)(F)C(F)(F)C(F)(F)C(F)(F)C(F)(F)F)nc(OC23CC4CC(C2)CC(Oc2nc(OCC(F)(F)C(F)(F)C(F)(F)C(F)(F)C(F)(F)C(F)(F)F)nc(OCC(F)(F)C(F)(F)C(F)(F)C(F)(F)C(F)(F)C(F)(F)F)n2)(C4)C3)n1. The third kappa shape index (κ3) is 14.0. The Morgan fingerprint density at radius 1 is 0.213 bits per heavy atom. The Balaban J connectivity index is 1.66. The molecule has 2 aromatic rings. The second-order valence-electron chi connectivity index (χ2n) is 23.1. The number of halogens is 52. The summed E-state index contributed by atoms with van der Waals surface area (Å²) in [6, 6.07) is -15.9. The van der Waals surface area contributed by atoms with E-state index >= 15 is 0 Å². The van der Waals surface area contributed by atoms with Gasteiger partial charge in [0, 0.05) is 6.42 Å². The zero-order chi connectivity index (χ0) is 85.2. The van der Waals surface area contributed by atoms with E-state index in [1.165, 1.54) is 0 Å². The first-order valence-electron chi connectivity index (χ1n) is 26.3. The Morgan fingerprint density at radius 3 is 0.519 bits per heavy atom. The van der Waals surface area contributed by atoms with Crippen LogP contribution in [0.3, 0.4) is 0 Å². The van der Waals surface area contributed by atoms with Gasteiger partial charge in [0.05, 0.1) is 0 Å². The van der Waals surface area contributed by atoms with E-state index < -0.39 is 267 Å². The van der Waals surface area contributed by atoms with Crippen molar-refractivity contribution in [2.45, 2.75) is 193 Å². The highest BCUT2D eigenvalue weighted by atomic mass is 19.5. The Morgan fingerprint density at radius 2 is 0.361 bits per heavy atom. The summed E-state index contributed by atoms with van der Waals surface area (Å²) in [5.74, 6) is -170. The van der Waals surface area contributed by atoms with Gasteiger partial charge in [-0.15, -0.1) is 29.9 Å². The quantitative estimate of drug-likeness (QED) is 0.0646. The van der Waals surface area contributed by atoms with Gasteiger partial charge in [-0.25, -0.2) is 0 Å². The maximum absolute atomic E-state index is 14.9. The number of hydrogen-bond donors (Lipinski definition) is 0. The molecule has 4 aliphatic rings. The van der Waals surface area contributed by atoms with Crippen molar-refractivity contribution in [2.24, 2.45) is 11.8 Å². The van der Waals surface area contributed by atoms with E-state index in [4.69, 9.17) is 9.47 Å². The Kier molecular flexibility index (Phi) is 22.0. The lowest BCUT2D eigenvalue weighted by atomic mass is 9.52. The van der Waals surface area contributed by atoms with Crippen LogP contribution in [0.15, 0.2) is 0 Å². The molecule has 0 aliphatic heterocycles. The fourth-order valence-electron chi connectivity index (χ4n) is 9.90. The van der Waals surface area contributed by atoms with Crippen LogP contribution < -0.4 is 28.4 Å². The molecule has 0 aromatic carbocycles. The maximum atomic E-state index is 14.9. The van der Waals surface area contributed by atoms with Gasteiger partial charge in [0.25, 0.3) is 0 Å². The van der Waals surface area contributed by atoms with Gasteiger partial charge in [-0.1, -0.05) is 0 Å². The molecule has 4 aliphatic carbocycles. The van der Waals surface area contributed by atoms with E-state index in [0.717, 1.165) is 0 Å². The normalized spacial score (nSPS) is 21.3. The summed E-state index contributed by atoms with van der Waals surface area (Å²) in [6.45, 7) is -16.4. The molecule has 64 heteroatoms. The van der Waals surface area contributed by atoms with Crippen molar-refractivity contribution in [3.63, 3.8) is 0 Å². The van der Waals surface area contributed by atoms with Crippen LogP contribution in [0, 0.1) is 11.8 Å². The Labute approximate surface area is 554 Å². The van der Waals surface area contributed by atoms with Crippen molar-refractivity contribution in [1.29, 1.82) is 0 Å². The van der Waals surface area contributed by atoms with Crippen LogP contribution in [0.5, 0.6) is 36.1 Å². The summed E-state index contributed by atoms with van der Waals surface area (Å²) in [5.41, 5.74) is -5.58. The zero-order valence-corrected chi connectivity index (χ0v) is 49.0. The van der Waals surface area contributed by atoms with Crippen molar-refractivity contribution < 1.29 is 257 Å². The fourth-order valence-corrected chi connectivity index (χ4v) is 9.90. The molecule has 6 rings (SSSR count). The van der Waals surface area contributed by atoms with Crippen LogP contribution in [0.1, 0.15) is 38.5 Å². The molecule has 0 saturated heterocycles. The van der Waals surface area contributed by atoms with Gasteiger partial charge in [-0.2, -0.15) is 228 Å². The summed E-state index contributed by atoms with van der Waals surface area (Å²) in [7, 11) is 0. The first-order valence-corrected chi connectivity index (χ1v) is 26.3. The summed E-state index contributed by atoms with van der Waals surface area (Å²) in [4.78, 5) is 15.3. The average molecular weight is 1720 g/mol. The monoisotopic (exact) mass is 1720 g/mol. The van der Waals surface area contributed by atoms with Gasteiger partial charge in [-0.05, 0) is 43.9 Å². The lowest BCUT2D eigenvalue weighted by Crippen LogP contribution is -2.70. The topological polar surface area (TPSA) is 133 Å². The lowest BCUT2D eigenvalue weighted by Gasteiger charge is -2.60. The second kappa shape index (κ2) is 25.9. The average Bonchev–Trinajstić information content (AvgIpc) is 0.726. The molecule has 4 saturated carbocycles. The van der Waals surface area contributed by atoms with Crippen molar-refractivity contribution in [2.75, 3.05) is 26.4 Å². The first-order chi connectivity index (χ1) is 47.0. The van der Waals surface area contributed by atoms with Gasteiger partial charge >= 0.3 is 179 Å². The number of ether oxygens (including phenoxy) is 6. The highest BCUT2D eigenvalue weighted by Gasteiger charge is 2.95. The molecular weight excluding hydrogens is 1700 g/mol. The van der Waals surface area contributed by atoms with Gasteiger partial charge in [0.15, 0.2) is 26.4 Å². The molecule has 0 spiro atoms. The maximum Gasteiger partial charge on any atom is 0.460 e. The summed E-state index contributed by atoms with van der Waals surface area (Å²) in [5, 5.41) is 0. The predicted octanol–water partition coefficient (Wildman–Crippen LogP) is 18.1. The van der Waals surface area contributed by atoms with Crippen LogP contribution >= 0.6 is 0 Å². The van der Waals surface area contributed by atoms with E-state index in [2.05, 4.69) is 48.9 Å². The van der Waals surface area contributed by atoms with E-state index in [1.54, 1.807) is 0 Å². The van der Waals surface area contributed by atoms with Crippen LogP contribution in [0.2, 0.25) is 0 Å². The molecule has 0 amide bonds. The molecule has 0 N–H and O–H groups in total. The van der Waals surface area contributed by atoms with Crippen molar-refractivity contribution in [3.8, 4) is 36.1 Å². The minimum atomic E-state index is -8.75. The van der Waals surface area contributed by atoms with Crippen LogP contribution in [0.4, 0.5) is 228 Å². The molecule has 4 bridgehead atoms. The molecule has 2 heterocycles. The Hall–Kier alpha value is -6.82. The van der Waals surface area contributed by atoms with Gasteiger partial charge < -0.3 is 28.4 Å². The minimum Gasteiger partial charge on any atom is -0.457 e. The van der Waals surface area contributed by atoms with Crippen LogP contribution in [-0.2, 0) is 0 Å². The van der Waals surface area contributed by atoms with Gasteiger partial charge in [0.2, 0.25) is 0 Å². The highest BCUT2D eigenvalue weighted by Crippen LogP contribution is 2.67. The van der Waals surface area contributed by atoms with Gasteiger partial charge in [-0.3, -0.25) is 0 Å². The standard InChI is InChI=1S/C44H22F52N6O6/c45-21(46,25(53,54)29(61,62)33(69,70)37(77,78)41(85,86)87)7-103-13-97-14(104-8-22(47,48)26(55,56)30(63,64)34(71,72)38(79,80)42(88,89)90)100-17(99-13)107-19-2-11-1-12(4-19)5-20(3-11,6-19)108-18-101-15(105-9-23(49,50)27(57,58)31(65,66)35(73,74)39(81,82)43(91,92)93)98-16(102-18)106-10-24(51,52)28(59,60)32(67,68)36(75,76)40(83,84)44(94,95)96/h11-12H,1-10H2. The number of nitrogens with zero attached hydrogens (tertiary/aromatic N) is 6. The largest absolute Gasteiger partial charge is 0.460 e. The molecule has 108 heavy (non-hydrogen) atoms. The summed E-state index contributed by atoms with van der Waals surface area (Å²) in [6.07, 6.45) is -38.1. The van der Waals surface area contributed by atoms with Crippen LogP contribution in [0.25, 0.3) is 0 Å². The van der Waals surface area contributed by atoms with E-state index in [0.29, 0.717) is 0 Å². The molecular formula is C44H22F52N6O6. The number of aromatic nitrogens is 6. The first kappa shape index (κ1) is 91.8. The third-order valence-electron chi connectivity index (χ3n) is 15.2. The summed E-state index contributed by atoms with van der Waals surface area (Å²) < 4.78 is 746. The third-order valence-corrected chi connectivity index (χ3v) is 15.2. The Bertz CT molecular complexity index is 3140. The molecule has 0 radical (unpaired) electrons. The molecule has 0 atom stereocenters. The van der Waals surface area contributed by atoms with E-state index in [-0.39, 0.29) is 0 Å². The van der Waals surface area contributed by atoms with E-state index in [9.17, 15) is 228 Å². The molecule has 2 aromatic heterocycles. The minimum absolute atomic E-state index is 0.427. The smallest absolute Gasteiger partial charge is 0.457 e. The highest BCUT2D eigenvalue weighted by molar-refractivity contribution is 5.21. The van der Waals surface area contributed by atoms with Crippen molar-refractivity contribution >= 4 is 0 Å². The fraction of sp³-hybridized carbons (Fsp3) is 0.864. The summed E-state index contributed by atoms with van der Waals surface area (Å²) >= 11 is 0. The number of rotatable bonds is 32. The lowest BCUT2D eigenvalue weighted by molar-refractivity contribution is -0.440. The van der Waals surface area contributed by atoms with Gasteiger partial charge in [0.1, 0.15) is 11.2 Å². The van der Waals surface area contributed by atoms with Crippen molar-refractivity contribution in [3.05, 3.63) is 0 Å². The molecule has 12 nitrogen and oxygen atoms in total. The second-order valence-corrected chi connectivity index (χ2v) is 23.1. The molecule has 4 fully saturated rings. The van der Waals surface area contributed by atoms with E-state index in [1.807, 2.05) is 0 Å². The molecule has 0 unspecified atom stereocenters. The van der Waals surface area contributed by atoms with Crippen molar-refractivity contribution in [1.82, 2.24) is 29.9 Å². The molecule has 628 valence electrons. The van der Waals surface area contributed by atoms with Crippen LogP contribution in [-0.4, -0.2) is 211 Å². The predicted molar refractivity (Wildman–Crippen MR) is 226 cm³/mol. The zero-order valence-electron chi connectivity index (χ0n) is 49.0. The number of hydrogen-bond acceptors (Lipinski definition) is 12.